The molecule has 0 unspecified atom stereocenters. The number of rotatable bonds is 6. The first-order valence-corrected chi connectivity index (χ1v) is 8.40. The highest BCUT2D eigenvalue weighted by Gasteiger charge is 2.08. The standard InChI is InChI=1S/C19H14N2O3S/c20-12-14(19-21-16-3-1-2-4-17(16)25-19)11-13-5-7-15(8-6-13)24-10-9-18(22)23/h1-8,11H,9-10H2,(H,22,23). The third kappa shape index (κ3) is 4.22. The van der Waals surface area contributed by atoms with E-state index in [2.05, 4.69) is 11.1 Å². The maximum atomic E-state index is 10.5. The monoisotopic (exact) mass is 350 g/mol. The van der Waals surface area contributed by atoms with E-state index in [-0.39, 0.29) is 13.0 Å². The second-order valence-electron chi connectivity index (χ2n) is 5.22. The van der Waals surface area contributed by atoms with Gasteiger partial charge in [0.15, 0.2) is 0 Å². The summed E-state index contributed by atoms with van der Waals surface area (Å²) in [6.45, 7) is 0.125. The fraction of sp³-hybridized carbons (Fsp3) is 0.105. The van der Waals surface area contributed by atoms with Crippen LogP contribution in [0.15, 0.2) is 48.5 Å². The second kappa shape index (κ2) is 7.60. The Kier molecular flexibility index (Phi) is 5.07. The molecule has 0 saturated carbocycles. The summed E-state index contributed by atoms with van der Waals surface area (Å²) in [5.41, 5.74) is 2.23. The van der Waals surface area contributed by atoms with Crippen molar-refractivity contribution in [2.45, 2.75) is 6.42 Å². The smallest absolute Gasteiger partial charge is 0.306 e. The van der Waals surface area contributed by atoms with Gasteiger partial charge in [0, 0.05) is 0 Å². The van der Waals surface area contributed by atoms with Crippen LogP contribution in [0.5, 0.6) is 5.75 Å². The maximum Gasteiger partial charge on any atom is 0.306 e. The molecule has 0 bridgehead atoms. The van der Waals surface area contributed by atoms with Crippen LogP contribution >= 0.6 is 11.3 Å². The lowest BCUT2D eigenvalue weighted by molar-refractivity contribution is -0.137. The minimum atomic E-state index is -0.894. The van der Waals surface area contributed by atoms with Gasteiger partial charge in [-0.3, -0.25) is 4.79 Å². The molecule has 0 fully saturated rings. The third-order valence-electron chi connectivity index (χ3n) is 3.42. The van der Waals surface area contributed by atoms with Crippen molar-refractivity contribution in [3.8, 4) is 11.8 Å². The minimum absolute atomic E-state index is 0.0438. The van der Waals surface area contributed by atoms with Crippen LogP contribution in [0.4, 0.5) is 0 Å². The fourth-order valence-electron chi connectivity index (χ4n) is 2.21. The van der Waals surface area contributed by atoms with E-state index in [1.807, 2.05) is 36.4 Å². The Morgan fingerprint density at radius 3 is 2.68 bits per heavy atom. The van der Waals surface area contributed by atoms with Crippen LogP contribution < -0.4 is 4.74 Å². The summed E-state index contributed by atoms with van der Waals surface area (Å²) in [5.74, 6) is -0.300. The minimum Gasteiger partial charge on any atom is -0.493 e. The van der Waals surface area contributed by atoms with Crippen LogP contribution in [0.25, 0.3) is 21.9 Å². The summed E-state index contributed by atoms with van der Waals surface area (Å²) in [6.07, 6.45) is 1.73. The number of hydrogen-bond acceptors (Lipinski definition) is 5. The molecule has 0 aliphatic heterocycles. The topological polar surface area (TPSA) is 83.2 Å². The molecule has 1 N–H and O–H groups in total. The van der Waals surface area contributed by atoms with Gasteiger partial charge in [-0.2, -0.15) is 5.26 Å². The summed E-state index contributed by atoms with van der Waals surface area (Å²) < 4.78 is 6.39. The van der Waals surface area contributed by atoms with Crippen molar-refractivity contribution in [1.82, 2.24) is 4.98 Å². The zero-order valence-electron chi connectivity index (χ0n) is 13.2. The Morgan fingerprint density at radius 2 is 2.00 bits per heavy atom. The van der Waals surface area contributed by atoms with Gasteiger partial charge in [-0.05, 0) is 35.9 Å². The van der Waals surface area contributed by atoms with Crippen molar-refractivity contribution < 1.29 is 14.6 Å². The molecule has 0 aliphatic carbocycles. The van der Waals surface area contributed by atoms with Gasteiger partial charge in [-0.25, -0.2) is 4.98 Å². The molecule has 0 amide bonds. The summed E-state index contributed by atoms with van der Waals surface area (Å²) in [5, 5.41) is 18.7. The van der Waals surface area contributed by atoms with Gasteiger partial charge in [-0.1, -0.05) is 24.3 Å². The molecule has 0 saturated heterocycles. The van der Waals surface area contributed by atoms with Crippen molar-refractivity contribution in [3.05, 3.63) is 59.1 Å². The molecule has 25 heavy (non-hydrogen) atoms. The fourth-order valence-corrected chi connectivity index (χ4v) is 3.14. The van der Waals surface area contributed by atoms with Crippen LogP contribution in [0.2, 0.25) is 0 Å². The summed E-state index contributed by atoms with van der Waals surface area (Å²) in [7, 11) is 0. The van der Waals surface area contributed by atoms with Gasteiger partial charge in [0.05, 0.1) is 28.8 Å². The van der Waals surface area contributed by atoms with Gasteiger partial charge in [0.25, 0.3) is 0 Å². The van der Waals surface area contributed by atoms with Gasteiger partial charge in [0.2, 0.25) is 0 Å². The van der Waals surface area contributed by atoms with E-state index in [4.69, 9.17) is 9.84 Å². The van der Waals surface area contributed by atoms with E-state index in [1.54, 1.807) is 18.2 Å². The molecule has 124 valence electrons. The Hall–Kier alpha value is -3.17. The predicted molar refractivity (Wildman–Crippen MR) is 97.3 cm³/mol. The average Bonchev–Trinajstić information content (AvgIpc) is 3.04. The average molecular weight is 350 g/mol. The van der Waals surface area contributed by atoms with E-state index >= 15 is 0 Å². The molecule has 1 aromatic heterocycles. The third-order valence-corrected chi connectivity index (χ3v) is 4.49. The zero-order valence-corrected chi connectivity index (χ0v) is 14.0. The van der Waals surface area contributed by atoms with Crippen molar-refractivity contribution in [2.24, 2.45) is 0 Å². The summed E-state index contributed by atoms with van der Waals surface area (Å²) >= 11 is 1.48. The number of hydrogen-bond donors (Lipinski definition) is 1. The predicted octanol–water partition coefficient (Wildman–Crippen LogP) is 4.21. The normalized spacial score (nSPS) is 11.2. The van der Waals surface area contributed by atoms with Crippen LogP contribution in [0, 0.1) is 11.3 Å². The Labute approximate surface area is 148 Å². The first-order valence-electron chi connectivity index (χ1n) is 7.58. The largest absolute Gasteiger partial charge is 0.493 e. The number of benzene rings is 2. The maximum absolute atomic E-state index is 10.5. The van der Waals surface area contributed by atoms with E-state index in [0.29, 0.717) is 16.3 Å². The molecule has 6 heteroatoms. The summed E-state index contributed by atoms with van der Waals surface area (Å²) in [4.78, 5) is 15.0. The lowest BCUT2D eigenvalue weighted by Gasteiger charge is -2.04. The van der Waals surface area contributed by atoms with Crippen LogP contribution in [0.1, 0.15) is 17.0 Å². The van der Waals surface area contributed by atoms with Crippen molar-refractivity contribution in [3.63, 3.8) is 0 Å². The zero-order chi connectivity index (χ0) is 17.6. The second-order valence-corrected chi connectivity index (χ2v) is 6.25. The number of thiazole rings is 1. The molecule has 0 radical (unpaired) electrons. The van der Waals surface area contributed by atoms with Crippen LogP contribution in [0.3, 0.4) is 0 Å². The number of carboxylic acids is 1. The molecular weight excluding hydrogens is 336 g/mol. The lowest BCUT2D eigenvalue weighted by Crippen LogP contribution is -2.04. The van der Waals surface area contributed by atoms with Crippen molar-refractivity contribution in [2.75, 3.05) is 6.61 Å². The molecule has 2 aromatic carbocycles. The highest BCUT2D eigenvalue weighted by Crippen LogP contribution is 2.28. The molecular formula is C19H14N2O3S. The van der Waals surface area contributed by atoms with Crippen molar-refractivity contribution >= 4 is 39.2 Å². The van der Waals surface area contributed by atoms with Crippen LogP contribution in [-0.4, -0.2) is 22.7 Å². The van der Waals surface area contributed by atoms with Gasteiger partial charge in [-0.15, -0.1) is 11.3 Å². The number of nitrogens with zero attached hydrogens (tertiary/aromatic N) is 2. The van der Waals surface area contributed by atoms with Crippen molar-refractivity contribution in [1.29, 1.82) is 5.26 Å². The molecule has 3 rings (SSSR count). The molecule has 0 spiro atoms. The molecule has 5 nitrogen and oxygen atoms in total. The lowest BCUT2D eigenvalue weighted by atomic mass is 10.1. The Bertz CT molecular complexity index is 935. The Morgan fingerprint density at radius 1 is 1.24 bits per heavy atom. The number of ether oxygens (including phenoxy) is 1. The van der Waals surface area contributed by atoms with Gasteiger partial charge < -0.3 is 9.84 Å². The molecule has 1 heterocycles. The number of carbonyl (C=O) groups is 1. The van der Waals surface area contributed by atoms with Gasteiger partial charge >= 0.3 is 5.97 Å². The number of aromatic nitrogens is 1. The molecule has 3 aromatic rings. The first-order chi connectivity index (χ1) is 12.2. The van der Waals surface area contributed by atoms with E-state index < -0.39 is 5.97 Å². The number of para-hydroxylation sites is 1. The van der Waals surface area contributed by atoms with E-state index in [1.165, 1.54) is 11.3 Å². The summed E-state index contributed by atoms with van der Waals surface area (Å²) in [6, 6.07) is 17.1. The van der Waals surface area contributed by atoms with E-state index in [9.17, 15) is 10.1 Å². The SMILES string of the molecule is N#CC(=Cc1ccc(OCCC(=O)O)cc1)c1nc2ccccc2s1. The Balaban J connectivity index is 1.78. The highest BCUT2D eigenvalue weighted by atomic mass is 32.1. The quantitative estimate of drug-likeness (QED) is 0.673. The number of carboxylic acid groups (broad SMARTS) is 1. The number of nitriles is 1. The molecule has 0 aliphatic rings. The molecule has 0 atom stereocenters. The van der Waals surface area contributed by atoms with Gasteiger partial charge in [0.1, 0.15) is 16.8 Å². The number of aliphatic carboxylic acids is 1. The first kappa shape index (κ1) is 16.7. The van der Waals surface area contributed by atoms with Crippen LogP contribution in [-0.2, 0) is 4.79 Å². The number of allylic oxidation sites excluding steroid dienone is 1. The number of fused-ring (bicyclic) bond motifs is 1. The highest BCUT2D eigenvalue weighted by molar-refractivity contribution is 7.19. The van der Waals surface area contributed by atoms with E-state index in [0.717, 1.165) is 15.8 Å².